The molecule has 0 radical (unpaired) electrons. The molecule has 0 aromatic heterocycles. The van der Waals surface area contributed by atoms with E-state index < -0.39 is 0 Å². The largest absolute Gasteiger partial charge is 0.311 e. The molecule has 1 aliphatic rings. The lowest BCUT2D eigenvalue weighted by Crippen LogP contribution is -2.56. The minimum absolute atomic E-state index is 0.148. The SMILES string of the molecule is CCCC1CN(CCc2ccc(F)cc2)C(CC)CN1. The first kappa shape index (κ1) is 15.5. The molecule has 0 saturated carbocycles. The summed E-state index contributed by atoms with van der Waals surface area (Å²) in [4.78, 5) is 2.61. The Bertz CT molecular complexity index is 390. The quantitative estimate of drug-likeness (QED) is 0.859. The number of nitrogens with one attached hydrogen (secondary N) is 1. The van der Waals surface area contributed by atoms with Gasteiger partial charge in [-0.2, -0.15) is 0 Å². The van der Waals surface area contributed by atoms with E-state index >= 15 is 0 Å². The van der Waals surface area contributed by atoms with E-state index in [-0.39, 0.29) is 5.82 Å². The molecule has 1 aromatic carbocycles. The number of piperazine rings is 1. The van der Waals surface area contributed by atoms with Crippen molar-refractivity contribution in [3.63, 3.8) is 0 Å². The fraction of sp³-hybridized carbons (Fsp3) is 0.647. The molecule has 1 aliphatic heterocycles. The molecule has 0 amide bonds. The zero-order chi connectivity index (χ0) is 14.4. The molecular formula is C17H27FN2. The van der Waals surface area contributed by atoms with Crippen molar-refractivity contribution in [2.45, 2.75) is 51.6 Å². The number of nitrogens with zero attached hydrogens (tertiary/aromatic N) is 1. The fourth-order valence-electron chi connectivity index (χ4n) is 3.07. The van der Waals surface area contributed by atoms with Crippen molar-refractivity contribution in [3.8, 4) is 0 Å². The molecule has 112 valence electrons. The van der Waals surface area contributed by atoms with Gasteiger partial charge in [0.2, 0.25) is 0 Å². The third-order valence-corrected chi connectivity index (χ3v) is 4.32. The van der Waals surface area contributed by atoms with Crippen LogP contribution in [-0.2, 0) is 6.42 Å². The molecule has 1 saturated heterocycles. The van der Waals surface area contributed by atoms with E-state index in [1.165, 1.54) is 24.8 Å². The van der Waals surface area contributed by atoms with Crippen molar-refractivity contribution in [3.05, 3.63) is 35.6 Å². The van der Waals surface area contributed by atoms with Gasteiger partial charge in [-0.1, -0.05) is 32.4 Å². The number of hydrogen-bond donors (Lipinski definition) is 1. The Hall–Kier alpha value is -0.930. The summed E-state index contributed by atoms with van der Waals surface area (Å²) in [6.07, 6.45) is 4.69. The van der Waals surface area contributed by atoms with Crippen LogP contribution in [0.2, 0.25) is 0 Å². The summed E-state index contributed by atoms with van der Waals surface area (Å²) < 4.78 is 12.9. The van der Waals surface area contributed by atoms with Gasteiger partial charge in [-0.05, 0) is 37.0 Å². The zero-order valence-electron chi connectivity index (χ0n) is 12.7. The van der Waals surface area contributed by atoms with Crippen LogP contribution < -0.4 is 5.32 Å². The normalized spacial score (nSPS) is 23.9. The minimum atomic E-state index is -0.148. The maximum Gasteiger partial charge on any atom is 0.123 e. The lowest BCUT2D eigenvalue weighted by Gasteiger charge is -2.40. The molecule has 1 fully saturated rings. The van der Waals surface area contributed by atoms with Gasteiger partial charge in [-0.3, -0.25) is 4.90 Å². The van der Waals surface area contributed by atoms with Crippen LogP contribution >= 0.6 is 0 Å². The molecule has 2 atom stereocenters. The topological polar surface area (TPSA) is 15.3 Å². The van der Waals surface area contributed by atoms with Crippen LogP contribution in [0.25, 0.3) is 0 Å². The maximum absolute atomic E-state index is 12.9. The average Bonchev–Trinajstić information content (AvgIpc) is 2.47. The molecule has 2 nitrogen and oxygen atoms in total. The Morgan fingerprint density at radius 2 is 2.00 bits per heavy atom. The Labute approximate surface area is 122 Å². The molecule has 1 aromatic rings. The first-order valence-corrected chi connectivity index (χ1v) is 7.94. The van der Waals surface area contributed by atoms with Crippen molar-refractivity contribution in [2.24, 2.45) is 0 Å². The third kappa shape index (κ3) is 4.29. The predicted octanol–water partition coefficient (Wildman–Crippen LogP) is 3.22. The lowest BCUT2D eigenvalue weighted by molar-refractivity contribution is 0.124. The van der Waals surface area contributed by atoms with Crippen LogP contribution in [0.3, 0.4) is 0 Å². The predicted molar refractivity (Wildman–Crippen MR) is 82.5 cm³/mol. The van der Waals surface area contributed by atoms with Gasteiger partial charge in [-0.25, -0.2) is 4.39 Å². The summed E-state index contributed by atoms with van der Waals surface area (Å²) >= 11 is 0. The lowest BCUT2D eigenvalue weighted by atomic mass is 10.0. The molecule has 3 heteroatoms. The molecule has 2 rings (SSSR count). The van der Waals surface area contributed by atoms with Gasteiger partial charge in [0.25, 0.3) is 0 Å². The van der Waals surface area contributed by atoms with Crippen LogP contribution in [-0.4, -0.2) is 36.6 Å². The summed E-state index contributed by atoms with van der Waals surface area (Å²) in [5, 5.41) is 3.67. The summed E-state index contributed by atoms with van der Waals surface area (Å²) in [6.45, 7) is 7.83. The van der Waals surface area contributed by atoms with Crippen LogP contribution in [0.15, 0.2) is 24.3 Å². The molecule has 0 spiro atoms. The first-order chi connectivity index (χ1) is 9.72. The Morgan fingerprint density at radius 1 is 1.25 bits per heavy atom. The van der Waals surface area contributed by atoms with Gasteiger partial charge < -0.3 is 5.32 Å². The van der Waals surface area contributed by atoms with Crippen LogP contribution in [0, 0.1) is 5.82 Å². The highest BCUT2D eigenvalue weighted by Gasteiger charge is 2.25. The molecule has 2 unspecified atom stereocenters. The summed E-state index contributed by atoms with van der Waals surface area (Å²) in [7, 11) is 0. The van der Waals surface area contributed by atoms with Gasteiger partial charge in [0.15, 0.2) is 0 Å². The molecule has 1 N–H and O–H groups in total. The second kappa shape index (κ2) is 7.75. The molecule has 0 aliphatic carbocycles. The highest BCUT2D eigenvalue weighted by Crippen LogP contribution is 2.14. The van der Waals surface area contributed by atoms with Crippen LogP contribution in [0.5, 0.6) is 0 Å². The highest BCUT2D eigenvalue weighted by atomic mass is 19.1. The second-order valence-corrected chi connectivity index (χ2v) is 5.83. The maximum atomic E-state index is 12.9. The third-order valence-electron chi connectivity index (χ3n) is 4.32. The number of rotatable bonds is 6. The van der Waals surface area contributed by atoms with Crippen molar-refractivity contribution in [1.29, 1.82) is 0 Å². The molecular weight excluding hydrogens is 251 g/mol. The van der Waals surface area contributed by atoms with Crippen molar-refractivity contribution in [1.82, 2.24) is 10.2 Å². The van der Waals surface area contributed by atoms with Gasteiger partial charge in [-0.15, -0.1) is 0 Å². The fourth-order valence-corrected chi connectivity index (χ4v) is 3.07. The van der Waals surface area contributed by atoms with Gasteiger partial charge in [0, 0.05) is 31.7 Å². The molecule has 20 heavy (non-hydrogen) atoms. The Kier molecular flexibility index (Phi) is 5.99. The summed E-state index contributed by atoms with van der Waals surface area (Å²) in [5.74, 6) is -0.148. The standard InChI is InChI=1S/C17H27FN2/c1-3-5-16-13-20(17(4-2)12-19-16)11-10-14-6-8-15(18)9-7-14/h6-9,16-17,19H,3-5,10-13H2,1-2H3. The van der Waals surface area contributed by atoms with E-state index in [4.69, 9.17) is 0 Å². The summed E-state index contributed by atoms with van der Waals surface area (Å²) in [6, 6.07) is 8.21. The Balaban J connectivity index is 1.88. The monoisotopic (exact) mass is 278 g/mol. The van der Waals surface area contributed by atoms with Crippen molar-refractivity contribution < 1.29 is 4.39 Å². The van der Waals surface area contributed by atoms with E-state index in [1.807, 2.05) is 12.1 Å². The van der Waals surface area contributed by atoms with E-state index in [0.717, 1.165) is 26.1 Å². The smallest absolute Gasteiger partial charge is 0.123 e. The Morgan fingerprint density at radius 3 is 2.65 bits per heavy atom. The molecule has 1 heterocycles. The molecule has 0 bridgehead atoms. The van der Waals surface area contributed by atoms with E-state index in [1.54, 1.807) is 12.1 Å². The van der Waals surface area contributed by atoms with E-state index in [0.29, 0.717) is 12.1 Å². The van der Waals surface area contributed by atoms with Gasteiger partial charge in [0.1, 0.15) is 5.82 Å². The second-order valence-electron chi connectivity index (χ2n) is 5.83. The average molecular weight is 278 g/mol. The van der Waals surface area contributed by atoms with Gasteiger partial charge >= 0.3 is 0 Å². The number of hydrogen-bond acceptors (Lipinski definition) is 2. The van der Waals surface area contributed by atoms with E-state index in [2.05, 4.69) is 24.1 Å². The highest BCUT2D eigenvalue weighted by molar-refractivity contribution is 5.16. The minimum Gasteiger partial charge on any atom is -0.311 e. The van der Waals surface area contributed by atoms with Crippen LogP contribution in [0.1, 0.15) is 38.7 Å². The van der Waals surface area contributed by atoms with Crippen molar-refractivity contribution in [2.75, 3.05) is 19.6 Å². The van der Waals surface area contributed by atoms with Crippen LogP contribution in [0.4, 0.5) is 4.39 Å². The van der Waals surface area contributed by atoms with E-state index in [9.17, 15) is 4.39 Å². The summed E-state index contributed by atoms with van der Waals surface area (Å²) in [5.41, 5.74) is 1.23. The number of benzene rings is 1. The van der Waals surface area contributed by atoms with Crippen molar-refractivity contribution >= 4 is 0 Å². The number of halogens is 1. The zero-order valence-corrected chi connectivity index (χ0v) is 12.7. The first-order valence-electron chi connectivity index (χ1n) is 7.94. The van der Waals surface area contributed by atoms with Gasteiger partial charge in [0.05, 0.1) is 0 Å².